The van der Waals surface area contributed by atoms with Crippen molar-refractivity contribution in [3.8, 4) is 11.0 Å². The van der Waals surface area contributed by atoms with Crippen LogP contribution in [0.15, 0.2) is 29.5 Å². The SMILES string of the molecule is COc1cc(C)nc(CC(=O)C2CN(c3cc(C)c4c(=O)c(C(=O)O)cn(-c5ncns5)c4n3)C2)n1. The molecule has 0 amide bonds. The van der Waals surface area contributed by atoms with E-state index in [9.17, 15) is 19.5 Å². The van der Waals surface area contributed by atoms with Crippen molar-refractivity contribution >= 4 is 40.1 Å². The summed E-state index contributed by atoms with van der Waals surface area (Å²) in [5, 5.41) is 10.1. The number of nitrogens with zero attached hydrogens (tertiary/aromatic N) is 7. The van der Waals surface area contributed by atoms with Crippen molar-refractivity contribution in [3.63, 3.8) is 0 Å². The molecule has 0 radical (unpaired) electrons. The molecular weight excluding hydrogens is 486 g/mol. The van der Waals surface area contributed by atoms with Crippen LogP contribution in [0, 0.1) is 19.8 Å². The number of anilines is 1. The van der Waals surface area contributed by atoms with Gasteiger partial charge in [-0.25, -0.2) is 19.7 Å². The summed E-state index contributed by atoms with van der Waals surface area (Å²) in [5.41, 5.74) is 0.603. The second kappa shape index (κ2) is 9.07. The van der Waals surface area contributed by atoms with Gasteiger partial charge in [-0.15, -0.1) is 0 Å². The molecule has 0 saturated carbocycles. The van der Waals surface area contributed by atoms with E-state index >= 15 is 0 Å². The van der Waals surface area contributed by atoms with E-state index in [-0.39, 0.29) is 34.7 Å². The number of aromatic nitrogens is 6. The van der Waals surface area contributed by atoms with E-state index in [1.54, 1.807) is 19.1 Å². The lowest BCUT2D eigenvalue weighted by molar-refractivity contribution is -0.123. The fourth-order valence-electron chi connectivity index (χ4n) is 4.16. The van der Waals surface area contributed by atoms with Gasteiger partial charge in [0.1, 0.15) is 29.3 Å². The lowest BCUT2D eigenvalue weighted by Crippen LogP contribution is -2.51. The predicted molar refractivity (Wildman–Crippen MR) is 130 cm³/mol. The lowest BCUT2D eigenvalue weighted by Gasteiger charge is -2.39. The van der Waals surface area contributed by atoms with Crippen LogP contribution >= 0.6 is 11.5 Å². The standard InChI is InChI=1S/C23H21N7O5S/c1-11-4-17(29-7-13(8-29)15(31)6-16-26-12(2)5-18(27-16)35-3)28-21-19(11)20(32)14(22(33)34)9-30(21)23-24-10-25-36-23/h4-5,9-10,13H,6-8H2,1-3H3,(H,33,34). The minimum absolute atomic E-state index is 0.0216. The molecule has 1 fully saturated rings. The highest BCUT2D eigenvalue weighted by molar-refractivity contribution is 7.08. The van der Waals surface area contributed by atoms with E-state index in [1.807, 2.05) is 11.8 Å². The van der Waals surface area contributed by atoms with Gasteiger partial charge in [-0.2, -0.15) is 9.36 Å². The Labute approximate surface area is 208 Å². The fraction of sp³-hybridized carbons (Fsp3) is 0.304. The number of aromatic carboxylic acids is 1. The minimum Gasteiger partial charge on any atom is -0.481 e. The predicted octanol–water partition coefficient (Wildman–Crippen LogP) is 1.60. The van der Waals surface area contributed by atoms with Crippen LogP contribution in [-0.4, -0.2) is 65.9 Å². The van der Waals surface area contributed by atoms with Gasteiger partial charge in [-0.3, -0.25) is 14.2 Å². The van der Waals surface area contributed by atoms with Crippen molar-refractivity contribution in [2.45, 2.75) is 20.3 Å². The van der Waals surface area contributed by atoms with Gasteiger partial charge >= 0.3 is 5.97 Å². The third kappa shape index (κ3) is 4.17. The molecule has 36 heavy (non-hydrogen) atoms. The Kier molecular flexibility index (Phi) is 5.92. The monoisotopic (exact) mass is 507 g/mol. The Hall–Kier alpha value is -4.26. The van der Waals surface area contributed by atoms with Gasteiger partial charge in [0.05, 0.1) is 24.8 Å². The molecule has 0 spiro atoms. The number of pyridine rings is 2. The number of carbonyl (C=O) groups is 2. The van der Waals surface area contributed by atoms with E-state index in [4.69, 9.17) is 4.74 Å². The normalized spacial score (nSPS) is 13.6. The molecule has 1 saturated heterocycles. The van der Waals surface area contributed by atoms with Crippen LogP contribution in [0.1, 0.15) is 27.4 Å². The Morgan fingerprint density at radius 2 is 1.97 bits per heavy atom. The maximum atomic E-state index is 12.9. The number of hydrogen-bond donors (Lipinski definition) is 1. The smallest absolute Gasteiger partial charge is 0.341 e. The van der Waals surface area contributed by atoms with Crippen LogP contribution in [0.25, 0.3) is 16.2 Å². The van der Waals surface area contributed by atoms with Crippen molar-refractivity contribution in [3.05, 3.63) is 57.5 Å². The van der Waals surface area contributed by atoms with Gasteiger partial charge in [-0.1, -0.05) is 0 Å². The number of carboxylic acids is 1. The molecule has 184 valence electrons. The van der Waals surface area contributed by atoms with Crippen molar-refractivity contribution in [2.75, 3.05) is 25.1 Å². The van der Waals surface area contributed by atoms with Crippen LogP contribution in [-0.2, 0) is 11.2 Å². The molecule has 5 heterocycles. The molecule has 0 unspecified atom stereocenters. The molecule has 4 aromatic rings. The van der Waals surface area contributed by atoms with Gasteiger partial charge in [0.2, 0.25) is 16.4 Å². The van der Waals surface area contributed by atoms with Gasteiger partial charge < -0.3 is 14.7 Å². The van der Waals surface area contributed by atoms with Crippen molar-refractivity contribution in [1.82, 2.24) is 28.9 Å². The average molecular weight is 508 g/mol. The topological polar surface area (TPSA) is 153 Å². The van der Waals surface area contributed by atoms with Crippen LogP contribution in [0.4, 0.5) is 5.82 Å². The first kappa shape index (κ1) is 23.5. The molecule has 0 aromatic carbocycles. The number of fused-ring (bicyclic) bond motifs is 1. The number of methoxy groups -OCH3 is 1. The minimum atomic E-state index is -1.33. The number of Topliss-reactive ketones (excluding diaryl/α,β-unsaturated/α-hetero) is 1. The van der Waals surface area contributed by atoms with E-state index in [0.29, 0.717) is 41.3 Å². The van der Waals surface area contributed by atoms with Crippen molar-refractivity contribution in [1.29, 1.82) is 0 Å². The zero-order valence-electron chi connectivity index (χ0n) is 19.6. The second-order valence-electron chi connectivity index (χ2n) is 8.48. The van der Waals surface area contributed by atoms with E-state index < -0.39 is 11.4 Å². The molecule has 4 aromatic heterocycles. The summed E-state index contributed by atoms with van der Waals surface area (Å²) in [4.78, 5) is 56.8. The van der Waals surface area contributed by atoms with Gasteiger partial charge in [-0.05, 0) is 25.5 Å². The summed E-state index contributed by atoms with van der Waals surface area (Å²) in [5.74, 6) is -0.0960. The number of ketones is 1. The number of hydrogen-bond acceptors (Lipinski definition) is 11. The molecule has 13 heteroatoms. The highest BCUT2D eigenvalue weighted by atomic mass is 32.1. The highest BCUT2D eigenvalue weighted by Crippen LogP contribution is 2.29. The van der Waals surface area contributed by atoms with E-state index in [1.165, 1.54) is 24.2 Å². The van der Waals surface area contributed by atoms with E-state index in [0.717, 1.165) is 17.2 Å². The summed E-state index contributed by atoms with van der Waals surface area (Å²) < 4.78 is 10.6. The number of ether oxygens (including phenoxy) is 1. The molecule has 0 aliphatic carbocycles. The first-order valence-electron chi connectivity index (χ1n) is 11.0. The molecule has 1 aliphatic heterocycles. The summed E-state index contributed by atoms with van der Waals surface area (Å²) in [6, 6.07) is 3.43. The lowest BCUT2D eigenvalue weighted by atomic mass is 9.93. The van der Waals surface area contributed by atoms with Gasteiger partial charge in [0.15, 0.2) is 5.65 Å². The first-order chi connectivity index (χ1) is 17.2. The Morgan fingerprint density at radius 1 is 1.19 bits per heavy atom. The second-order valence-corrected chi connectivity index (χ2v) is 9.24. The largest absolute Gasteiger partial charge is 0.481 e. The molecular formula is C23H21N7O5S. The summed E-state index contributed by atoms with van der Waals surface area (Å²) in [7, 11) is 1.52. The Morgan fingerprint density at radius 3 is 2.64 bits per heavy atom. The number of carboxylic acid groups (broad SMARTS) is 1. The van der Waals surface area contributed by atoms with Crippen LogP contribution in [0.3, 0.4) is 0 Å². The summed E-state index contributed by atoms with van der Waals surface area (Å²) in [6.07, 6.45) is 2.68. The maximum absolute atomic E-state index is 12.9. The molecule has 0 atom stereocenters. The third-order valence-corrected chi connectivity index (χ3v) is 6.67. The number of rotatable bonds is 7. The van der Waals surface area contributed by atoms with Crippen molar-refractivity contribution < 1.29 is 19.4 Å². The highest BCUT2D eigenvalue weighted by Gasteiger charge is 2.34. The molecule has 0 bridgehead atoms. The van der Waals surface area contributed by atoms with E-state index in [2.05, 4.69) is 24.3 Å². The van der Waals surface area contributed by atoms with Crippen LogP contribution in [0.5, 0.6) is 5.88 Å². The summed E-state index contributed by atoms with van der Waals surface area (Å²) >= 11 is 1.05. The third-order valence-electron chi connectivity index (χ3n) is 6.01. The molecule has 5 rings (SSSR count). The van der Waals surface area contributed by atoms with Gasteiger partial charge in [0.25, 0.3) is 0 Å². The zero-order valence-corrected chi connectivity index (χ0v) is 20.4. The molecule has 12 nitrogen and oxygen atoms in total. The Balaban J connectivity index is 1.43. The number of aryl methyl sites for hydroxylation is 2. The Bertz CT molecular complexity index is 1560. The maximum Gasteiger partial charge on any atom is 0.341 e. The number of carbonyl (C=O) groups excluding carboxylic acids is 1. The van der Waals surface area contributed by atoms with Crippen LogP contribution in [0.2, 0.25) is 0 Å². The first-order valence-corrected chi connectivity index (χ1v) is 11.8. The fourth-order valence-corrected chi connectivity index (χ4v) is 4.67. The summed E-state index contributed by atoms with van der Waals surface area (Å²) in [6.45, 7) is 4.46. The molecule has 1 N–H and O–H groups in total. The zero-order chi connectivity index (χ0) is 25.6. The molecule has 1 aliphatic rings. The average Bonchev–Trinajstić information content (AvgIpc) is 3.32. The van der Waals surface area contributed by atoms with Gasteiger partial charge in [0, 0.05) is 42.6 Å². The quantitative estimate of drug-likeness (QED) is 0.388. The van der Waals surface area contributed by atoms with Crippen LogP contribution < -0.4 is 15.1 Å². The van der Waals surface area contributed by atoms with Crippen molar-refractivity contribution in [2.24, 2.45) is 5.92 Å².